The summed E-state index contributed by atoms with van der Waals surface area (Å²) in [4.78, 5) is 3.69. The van der Waals surface area contributed by atoms with E-state index in [-0.39, 0.29) is 23.1 Å². The van der Waals surface area contributed by atoms with E-state index in [1.165, 1.54) is 30.5 Å². The van der Waals surface area contributed by atoms with Crippen molar-refractivity contribution >= 4 is 21.6 Å². The van der Waals surface area contributed by atoms with Gasteiger partial charge in [-0.05, 0) is 42.0 Å². The fourth-order valence-electron chi connectivity index (χ4n) is 2.47. The summed E-state index contributed by atoms with van der Waals surface area (Å²) < 4.78 is 70.6. The lowest BCUT2D eigenvalue weighted by Crippen LogP contribution is -2.30. The van der Waals surface area contributed by atoms with Gasteiger partial charge in [-0.15, -0.1) is 0 Å². The zero-order chi connectivity index (χ0) is 20.4. The molecule has 2 aromatic heterocycles. The van der Waals surface area contributed by atoms with E-state index in [2.05, 4.69) is 4.98 Å². The average molecular weight is 431 g/mol. The summed E-state index contributed by atoms with van der Waals surface area (Å²) in [6.07, 6.45) is -1.94. The molecule has 0 aliphatic rings. The number of sulfonamides is 1. The maximum atomic E-state index is 13.0. The van der Waals surface area contributed by atoms with Gasteiger partial charge in [0.2, 0.25) is 10.0 Å². The summed E-state index contributed by atoms with van der Waals surface area (Å²) in [6, 6.07) is 10.2. The van der Waals surface area contributed by atoms with Crippen molar-refractivity contribution in [2.24, 2.45) is 0 Å². The molecule has 0 N–H and O–H groups in total. The minimum Gasteiger partial charge on any atom is -0.468 e. The van der Waals surface area contributed by atoms with Crippen molar-refractivity contribution in [2.45, 2.75) is 24.2 Å². The minimum atomic E-state index is -4.46. The predicted octanol–water partition coefficient (Wildman–Crippen LogP) is 4.74. The van der Waals surface area contributed by atoms with E-state index in [0.717, 1.165) is 22.6 Å². The van der Waals surface area contributed by atoms with Gasteiger partial charge in [-0.25, -0.2) is 13.4 Å². The lowest BCUT2D eigenvalue weighted by atomic mass is 10.1. The van der Waals surface area contributed by atoms with E-state index >= 15 is 0 Å². The van der Waals surface area contributed by atoms with Gasteiger partial charge in [0.15, 0.2) is 0 Å². The molecule has 0 aliphatic carbocycles. The fourth-order valence-corrected chi connectivity index (χ4v) is 3.92. The van der Waals surface area contributed by atoms with Crippen LogP contribution in [0.3, 0.4) is 0 Å². The third kappa shape index (κ3) is 4.73. The highest BCUT2D eigenvalue weighted by Crippen LogP contribution is 2.30. The maximum absolute atomic E-state index is 13.0. The van der Waals surface area contributed by atoms with Crippen LogP contribution >= 0.6 is 11.6 Å². The number of furan rings is 1. The molecule has 0 amide bonds. The van der Waals surface area contributed by atoms with Crippen LogP contribution < -0.4 is 0 Å². The van der Waals surface area contributed by atoms with Crippen molar-refractivity contribution in [3.8, 4) is 0 Å². The number of aromatic nitrogens is 1. The molecule has 0 saturated heterocycles. The first-order chi connectivity index (χ1) is 13.2. The smallest absolute Gasteiger partial charge is 0.416 e. The van der Waals surface area contributed by atoms with Crippen molar-refractivity contribution in [3.05, 3.63) is 83.0 Å². The highest BCUT2D eigenvalue weighted by atomic mass is 35.5. The van der Waals surface area contributed by atoms with E-state index in [0.29, 0.717) is 11.3 Å². The number of alkyl halides is 3. The Balaban J connectivity index is 1.92. The fraction of sp³-hybridized carbons (Fsp3) is 0.167. The molecule has 0 bridgehead atoms. The highest BCUT2D eigenvalue weighted by Gasteiger charge is 2.31. The second-order valence-electron chi connectivity index (χ2n) is 5.86. The van der Waals surface area contributed by atoms with Crippen LogP contribution in [0.4, 0.5) is 13.2 Å². The van der Waals surface area contributed by atoms with Crippen molar-refractivity contribution in [1.82, 2.24) is 9.29 Å². The number of benzene rings is 1. The molecule has 28 heavy (non-hydrogen) atoms. The summed E-state index contributed by atoms with van der Waals surface area (Å²) in [7, 11) is -4.00. The molecule has 0 spiro atoms. The van der Waals surface area contributed by atoms with E-state index in [9.17, 15) is 21.6 Å². The van der Waals surface area contributed by atoms with Gasteiger partial charge >= 0.3 is 6.18 Å². The maximum Gasteiger partial charge on any atom is 0.416 e. The molecule has 0 unspecified atom stereocenters. The number of pyridine rings is 1. The monoisotopic (exact) mass is 430 g/mol. The topological polar surface area (TPSA) is 63.4 Å². The lowest BCUT2D eigenvalue weighted by molar-refractivity contribution is -0.137. The largest absolute Gasteiger partial charge is 0.468 e. The normalized spacial score (nSPS) is 12.5. The van der Waals surface area contributed by atoms with Gasteiger partial charge < -0.3 is 4.42 Å². The molecule has 5 nitrogen and oxygen atoms in total. The van der Waals surface area contributed by atoms with Gasteiger partial charge in [-0.2, -0.15) is 17.5 Å². The molecule has 3 rings (SSSR count). The molecule has 10 heteroatoms. The number of hydrogen-bond donors (Lipinski definition) is 0. The van der Waals surface area contributed by atoms with Gasteiger partial charge in [0, 0.05) is 12.7 Å². The van der Waals surface area contributed by atoms with E-state index < -0.39 is 21.8 Å². The van der Waals surface area contributed by atoms with Gasteiger partial charge in [0.25, 0.3) is 0 Å². The summed E-state index contributed by atoms with van der Waals surface area (Å²) in [5, 5.41) is 0.138. The Kier molecular flexibility index (Phi) is 5.78. The Morgan fingerprint density at radius 1 is 1.04 bits per heavy atom. The SMILES string of the molecule is O=S(=O)(c1ccc(Cl)nc1)N(Cc1ccc(C(F)(F)F)cc1)Cc1ccco1. The van der Waals surface area contributed by atoms with Crippen molar-refractivity contribution in [3.63, 3.8) is 0 Å². The quantitative estimate of drug-likeness (QED) is 0.530. The van der Waals surface area contributed by atoms with Crippen molar-refractivity contribution in [2.75, 3.05) is 0 Å². The molecule has 0 saturated carbocycles. The third-order valence-electron chi connectivity index (χ3n) is 3.89. The van der Waals surface area contributed by atoms with Crippen LogP contribution in [0.1, 0.15) is 16.9 Å². The first-order valence-electron chi connectivity index (χ1n) is 7.96. The van der Waals surface area contributed by atoms with Gasteiger partial charge in [0.1, 0.15) is 15.8 Å². The molecule has 148 valence electrons. The Bertz CT molecular complexity index is 1020. The van der Waals surface area contributed by atoms with Crippen LogP contribution in [-0.4, -0.2) is 17.7 Å². The third-order valence-corrected chi connectivity index (χ3v) is 5.89. The van der Waals surface area contributed by atoms with Crippen LogP contribution in [-0.2, 0) is 29.3 Å². The summed E-state index contributed by atoms with van der Waals surface area (Å²) >= 11 is 5.71. The molecule has 1 aromatic carbocycles. The Morgan fingerprint density at radius 3 is 2.29 bits per heavy atom. The van der Waals surface area contributed by atoms with Crippen molar-refractivity contribution in [1.29, 1.82) is 0 Å². The molecular weight excluding hydrogens is 417 g/mol. The lowest BCUT2D eigenvalue weighted by Gasteiger charge is -2.21. The molecule has 3 aromatic rings. The van der Waals surface area contributed by atoms with Gasteiger partial charge in [-0.1, -0.05) is 23.7 Å². The second-order valence-corrected chi connectivity index (χ2v) is 8.19. The van der Waals surface area contributed by atoms with E-state index in [4.69, 9.17) is 16.0 Å². The molecule has 0 fully saturated rings. The number of hydrogen-bond acceptors (Lipinski definition) is 4. The average Bonchev–Trinajstić information content (AvgIpc) is 3.14. The number of nitrogens with zero attached hydrogens (tertiary/aromatic N) is 2. The molecule has 0 atom stereocenters. The Morgan fingerprint density at radius 2 is 1.75 bits per heavy atom. The molecule has 0 aliphatic heterocycles. The molecule has 0 radical (unpaired) electrons. The van der Waals surface area contributed by atoms with Crippen molar-refractivity contribution < 1.29 is 26.0 Å². The summed E-state index contributed by atoms with van der Waals surface area (Å²) in [5.41, 5.74) is -0.413. The van der Waals surface area contributed by atoms with Crippen LogP contribution in [0.2, 0.25) is 5.15 Å². The van der Waals surface area contributed by atoms with Crippen LogP contribution in [0, 0.1) is 0 Å². The summed E-state index contributed by atoms with van der Waals surface area (Å²) in [6.45, 7) is -0.247. The highest BCUT2D eigenvalue weighted by molar-refractivity contribution is 7.89. The Labute approximate surface area is 164 Å². The summed E-state index contributed by atoms with van der Waals surface area (Å²) in [5.74, 6) is 0.386. The van der Waals surface area contributed by atoms with Crippen LogP contribution in [0.15, 0.2) is 70.3 Å². The van der Waals surface area contributed by atoms with Crippen LogP contribution in [0.25, 0.3) is 0 Å². The first kappa shape index (κ1) is 20.4. The molecule has 2 heterocycles. The number of rotatable bonds is 6. The van der Waals surface area contributed by atoms with E-state index in [1.807, 2.05) is 0 Å². The standard InChI is InChI=1S/C18H14ClF3N2O3S/c19-17-8-7-16(10-23-17)28(25,26)24(12-15-2-1-9-27-15)11-13-3-5-14(6-4-13)18(20,21)22/h1-10H,11-12H2. The first-order valence-corrected chi connectivity index (χ1v) is 9.78. The zero-order valence-electron chi connectivity index (χ0n) is 14.2. The Hall–Kier alpha value is -2.36. The second kappa shape index (κ2) is 7.94. The predicted molar refractivity (Wildman–Crippen MR) is 95.8 cm³/mol. The minimum absolute atomic E-state index is 0.0876. The van der Waals surface area contributed by atoms with Crippen LogP contribution in [0.5, 0.6) is 0 Å². The van der Waals surface area contributed by atoms with E-state index in [1.54, 1.807) is 12.1 Å². The van der Waals surface area contributed by atoms with Gasteiger partial charge in [-0.3, -0.25) is 0 Å². The molecular formula is C18H14ClF3N2O3S. The number of halogens is 4. The zero-order valence-corrected chi connectivity index (χ0v) is 15.8. The van der Waals surface area contributed by atoms with Gasteiger partial charge in [0.05, 0.1) is 18.4 Å².